The molecule has 9 heteroatoms. The van der Waals surface area contributed by atoms with Crippen LogP contribution in [0.25, 0.3) is 6.08 Å². The predicted octanol–water partition coefficient (Wildman–Crippen LogP) is -0.702. The van der Waals surface area contributed by atoms with Crippen molar-refractivity contribution in [3.05, 3.63) is 35.7 Å². The highest BCUT2D eigenvalue weighted by molar-refractivity contribution is 5.79. The van der Waals surface area contributed by atoms with Crippen LogP contribution in [0.5, 0.6) is 0 Å². The van der Waals surface area contributed by atoms with Gasteiger partial charge in [0.1, 0.15) is 0 Å². The smallest absolute Gasteiger partial charge is 0.210 e. The molecule has 2 fully saturated rings. The number of nitrogens with zero attached hydrogens (tertiary/aromatic N) is 5. The van der Waals surface area contributed by atoms with Gasteiger partial charge >= 0.3 is 0 Å². The zero-order valence-electron chi connectivity index (χ0n) is 17.2. The Kier molecular flexibility index (Phi) is 6.12. The summed E-state index contributed by atoms with van der Waals surface area (Å²) in [5, 5.41) is 0. The molecule has 3 aliphatic rings. The Labute approximate surface area is 172 Å². The summed E-state index contributed by atoms with van der Waals surface area (Å²) in [5.41, 5.74) is 19.1. The molecule has 3 aliphatic heterocycles. The number of hydrazine groups is 1. The van der Waals surface area contributed by atoms with Crippen LogP contribution in [-0.4, -0.2) is 84.5 Å². The van der Waals surface area contributed by atoms with Crippen molar-refractivity contribution in [2.75, 3.05) is 52.9 Å². The van der Waals surface area contributed by atoms with Crippen molar-refractivity contribution in [3.63, 3.8) is 0 Å². The number of nitrogens with two attached hydrogens (primary N) is 2. The first kappa shape index (κ1) is 20.2. The lowest BCUT2D eigenvalue weighted by Gasteiger charge is -2.41. The minimum absolute atomic E-state index is 0.271. The number of hydrogen-bond acceptors (Lipinski definition) is 9. The summed E-state index contributed by atoms with van der Waals surface area (Å²) in [6.45, 7) is 8.14. The van der Waals surface area contributed by atoms with Gasteiger partial charge in [-0.05, 0) is 45.1 Å². The van der Waals surface area contributed by atoms with E-state index in [1.54, 1.807) is 6.20 Å². The fourth-order valence-electron chi connectivity index (χ4n) is 4.25. The van der Waals surface area contributed by atoms with Crippen LogP contribution in [-0.2, 0) is 5.79 Å². The van der Waals surface area contributed by atoms with Crippen LogP contribution in [0.1, 0.15) is 24.1 Å². The average molecular weight is 400 g/mol. The largest absolute Gasteiger partial charge is 0.369 e. The van der Waals surface area contributed by atoms with Crippen molar-refractivity contribution in [2.24, 2.45) is 16.5 Å². The highest BCUT2D eigenvalue weighted by Crippen LogP contribution is 2.19. The molecule has 0 saturated carbocycles. The normalized spacial score (nSPS) is 28.0. The van der Waals surface area contributed by atoms with Gasteiger partial charge in [0.05, 0.1) is 5.69 Å². The Balaban J connectivity index is 1.23. The second-order valence-corrected chi connectivity index (χ2v) is 8.26. The number of aromatic nitrogens is 1. The molecule has 0 radical (unpaired) electrons. The Morgan fingerprint density at radius 2 is 1.93 bits per heavy atom. The summed E-state index contributed by atoms with van der Waals surface area (Å²) in [6.07, 6.45) is 8.54. The fourth-order valence-corrected chi connectivity index (χ4v) is 4.25. The number of rotatable bonds is 5. The van der Waals surface area contributed by atoms with E-state index in [4.69, 9.17) is 11.5 Å². The summed E-state index contributed by atoms with van der Waals surface area (Å²) >= 11 is 0. The van der Waals surface area contributed by atoms with Crippen LogP contribution in [0.15, 0.2) is 29.4 Å². The molecular formula is C20H33N9. The van der Waals surface area contributed by atoms with Gasteiger partial charge in [-0.3, -0.25) is 25.9 Å². The van der Waals surface area contributed by atoms with Crippen LogP contribution >= 0.6 is 0 Å². The number of hydrogen-bond donors (Lipinski definition) is 4. The van der Waals surface area contributed by atoms with Crippen LogP contribution in [0.3, 0.4) is 0 Å². The van der Waals surface area contributed by atoms with Gasteiger partial charge in [0, 0.05) is 50.5 Å². The topological polar surface area (TPSA) is 111 Å². The van der Waals surface area contributed by atoms with E-state index in [0.29, 0.717) is 0 Å². The Morgan fingerprint density at radius 1 is 1.17 bits per heavy atom. The molecule has 2 saturated heterocycles. The minimum Gasteiger partial charge on any atom is -0.369 e. The van der Waals surface area contributed by atoms with E-state index < -0.39 is 5.79 Å². The first-order valence-corrected chi connectivity index (χ1v) is 10.5. The summed E-state index contributed by atoms with van der Waals surface area (Å²) in [4.78, 5) is 16.3. The third-order valence-electron chi connectivity index (χ3n) is 6.17. The maximum atomic E-state index is 6.18. The van der Waals surface area contributed by atoms with Gasteiger partial charge in [-0.2, -0.15) is 5.43 Å². The van der Waals surface area contributed by atoms with E-state index in [0.717, 1.165) is 23.8 Å². The highest BCUT2D eigenvalue weighted by Gasteiger charge is 2.31. The molecule has 0 bridgehead atoms. The molecule has 4 heterocycles. The lowest BCUT2D eigenvalue weighted by Crippen LogP contribution is -2.52. The molecule has 9 nitrogen and oxygen atoms in total. The highest BCUT2D eigenvalue weighted by atomic mass is 15.6. The van der Waals surface area contributed by atoms with Gasteiger partial charge in [0.2, 0.25) is 11.7 Å². The van der Waals surface area contributed by atoms with Crippen molar-refractivity contribution < 1.29 is 0 Å². The van der Waals surface area contributed by atoms with Crippen molar-refractivity contribution >= 4 is 12.0 Å². The van der Waals surface area contributed by atoms with Crippen molar-refractivity contribution in [1.82, 2.24) is 30.5 Å². The molecule has 1 unspecified atom stereocenters. The number of aliphatic imine (C=N–C) groups is 1. The molecule has 29 heavy (non-hydrogen) atoms. The predicted molar refractivity (Wildman–Crippen MR) is 116 cm³/mol. The summed E-state index contributed by atoms with van der Waals surface area (Å²) < 4.78 is 0. The molecule has 4 rings (SSSR count). The molecular weight excluding hydrogens is 366 g/mol. The maximum Gasteiger partial charge on any atom is 0.210 e. The lowest BCUT2D eigenvalue weighted by atomic mass is 10.0. The Hall–Kier alpha value is -2.04. The molecule has 0 aliphatic carbocycles. The van der Waals surface area contributed by atoms with Crippen LogP contribution in [0.4, 0.5) is 0 Å². The quantitative estimate of drug-likeness (QED) is 0.514. The summed E-state index contributed by atoms with van der Waals surface area (Å²) in [6, 6.07) is 4.63. The van der Waals surface area contributed by atoms with E-state index in [1.165, 1.54) is 52.1 Å². The zero-order chi connectivity index (χ0) is 20.3. The first-order chi connectivity index (χ1) is 14.0. The van der Waals surface area contributed by atoms with Crippen molar-refractivity contribution in [2.45, 2.75) is 24.7 Å². The molecule has 158 valence electrons. The van der Waals surface area contributed by atoms with E-state index >= 15 is 0 Å². The number of nitrogens with one attached hydrogen (secondary N) is 2. The van der Waals surface area contributed by atoms with Gasteiger partial charge in [-0.15, -0.1) is 0 Å². The Morgan fingerprint density at radius 3 is 2.55 bits per heavy atom. The molecule has 1 atom stereocenters. The van der Waals surface area contributed by atoms with Crippen molar-refractivity contribution in [3.8, 4) is 0 Å². The monoisotopic (exact) mass is 399 g/mol. The lowest BCUT2D eigenvalue weighted by molar-refractivity contribution is 0.0709. The van der Waals surface area contributed by atoms with Gasteiger partial charge < -0.3 is 10.6 Å². The third kappa shape index (κ3) is 4.93. The van der Waals surface area contributed by atoms with E-state index in [-0.39, 0.29) is 5.96 Å². The Bertz CT molecular complexity index is 731. The van der Waals surface area contributed by atoms with Gasteiger partial charge in [0.15, 0.2) is 0 Å². The number of likely N-dealkylation sites (tertiary alicyclic amines) is 1. The number of guanidine groups is 1. The molecule has 0 spiro atoms. The minimum atomic E-state index is -1.06. The second kappa shape index (κ2) is 8.76. The van der Waals surface area contributed by atoms with E-state index in [1.807, 2.05) is 12.1 Å². The van der Waals surface area contributed by atoms with Gasteiger partial charge in [0.25, 0.3) is 0 Å². The number of likely N-dealkylation sites (N-methyl/N-ethyl adjacent to an activating group) is 1. The zero-order valence-corrected chi connectivity index (χ0v) is 17.2. The van der Waals surface area contributed by atoms with E-state index in [2.05, 4.69) is 54.7 Å². The molecule has 0 amide bonds. The van der Waals surface area contributed by atoms with Gasteiger partial charge in [-0.25, -0.2) is 4.99 Å². The van der Waals surface area contributed by atoms with Gasteiger partial charge in [-0.1, -0.05) is 12.1 Å². The fraction of sp³-hybridized carbons (Fsp3) is 0.600. The summed E-state index contributed by atoms with van der Waals surface area (Å²) in [7, 11) is 2.22. The van der Waals surface area contributed by atoms with E-state index in [9.17, 15) is 0 Å². The van der Waals surface area contributed by atoms with Crippen LogP contribution < -0.4 is 22.3 Å². The molecule has 0 aromatic carbocycles. The first-order valence-electron chi connectivity index (χ1n) is 10.5. The van der Waals surface area contributed by atoms with Crippen LogP contribution in [0, 0.1) is 0 Å². The molecule has 1 aromatic rings. The average Bonchev–Trinajstić information content (AvgIpc) is 3.09. The second-order valence-electron chi connectivity index (χ2n) is 8.26. The number of piperazine rings is 1. The number of pyridine rings is 1. The number of piperidine rings is 1. The molecule has 6 N–H and O–H groups in total. The maximum absolute atomic E-state index is 6.18. The SMILES string of the molecule is CN1CCN(C2CCN(C/C=C/c3ccc(C4(N)N=C(N)NN4)cn3)CC2)CC1. The van der Waals surface area contributed by atoms with Crippen molar-refractivity contribution in [1.29, 1.82) is 0 Å². The summed E-state index contributed by atoms with van der Waals surface area (Å²) in [5.74, 6) is -0.791. The standard InChI is InChI=1S/C20H33N9/c1-27-11-13-29(14-12-27)18-6-9-28(10-7-18)8-2-3-17-5-4-16(15-23-17)20(22)24-19(21)25-26-20/h2-5,15,18,26H,6-14,22H2,1H3,(H3,21,24,25)/b3-2+. The third-order valence-corrected chi connectivity index (χ3v) is 6.17. The van der Waals surface area contributed by atoms with Crippen LogP contribution in [0.2, 0.25) is 0 Å². The molecule has 1 aromatic heterocycles.